The fourth-order valence-electron chi connectivity index (χ4n) is 2.16. The van der Waals surface area contributed by atoms with Crippen LogP contribution in [-0.4, -0.2) is 11.6 Å². The Balaban J connectivity index is 2.19. The van der Waals surface area contributed by atoms with Gasteiger partial charge in [0.1, 0.15) is 0 Å². The maximum Gasteiger partial charge on any atom is 0.419 e. The van der Waals surface area contributed by atoms with E-state index in [2.05, 4.69) is 11.4 Å². The molecule has 1 heterocycles. The largest absolute Gasteiger partial charge is 0.419 e. The molecule has 1 N–H and O–H groups in total. The minimum absolute atomic E-state index is 0.337. The van der Waals surface area contributed by atoms with Crippen LogP contribution >= 0.6 is 0 Å². The van der Waals surface area contributed by atoms with Gasteiger partial charge in [0.2, 0.25) is 0 Å². The van der Waals surface area contributed by atoms with Crippen LogP contribution in [0.2, 0.25) is 0 Å². The van der Waals surface area contributed by atoms with Crippen molar-refractivity contribution >= 4 is 16.8 Å². The zero-order chi connectivity index (χ0) is 13.4. The molecule has 96 valence electrons. The van der Waals surface area contributed by atoms with Gasteiger partial charge in [0.15, 0.2) is 5.58 Å². The van der Waals surface area contributed by atoms with Crippen molar-refractivity contribution in [1.82, 2.24) is 4.57 Å². The highest BCUT2D eigenvalue weighted by molar-refractivity contribution is 5.81. The van der Waals surface area contributed by atoms with E-state index in [-0.39, 0.29) is 5.76 Å². The normalized spacial score (nSPS) is 10.8. The lowest BCUT2D eigenvalue weighted by Crippen LogP contribution is -2.08. The number of hydrogen-bond donors (Lipinski definition) is 1. The predicted octanol–water partition coefficient (Wildman–Crippen LogP) is 2.84. The summed E-state index contributed by atoms with van der Waals surface area (Å²) in [5.74, 6) is -0.337. The number of fused-ring (bicyclic) bond motifs is 1. The first-order valence-electron chi connectivity index (χ1n) is 6.07. The summed E-state index contributed by atoms with van der Waals surface area (Å²) in [7, 11) is 3.60. The summed E-state index contributed by atoms with van der Waals surface area (Å²) in [4.78, 5) is 11.5. The third kappa shape index (κ3) is 1.91. The van der Waals surface area contributed by atoms with Gasteiger partial charge < -0.3 is 9.73 Å². The maximum atomic E-state index is 11.5. The van der Waals surface area contributed by atoms with E-state index in [1.54, 1.807) is 7.05 Å². The minimum Gasteiger partial charge on any atom is -0.408 e. The Labute approximate surface area is 110 Å². The summed E-state index contributed by atoms with van der Waals surface area (Å²) in [6.45, 7) is 0. The smallest absolute Gasteiger partial charge is 0.408 e. The monoisotopic (exact) mass is 254 g/mol. The molecule has 0 aliphatic heterocycles. The van der Waals surface area contributed by atoms with Gasteiger partial charge in [-0.25, -0.2) is 4.79 Å². The van der Waals surface area contributed by atoms with Crippen molar-refractivity contribution in [3.63, 3.8) is 0 Å². The lowest BCUT2D eigenvalue weighted by Gasteiger charge is -2.05. The Bertz CT molecular complexity index is 799. The standard InChI is InChI=1S/C15H14N2O2/c1-16-12-5-3-4-10(8-12)11-6-7-14-13(9-11)17(2)15(18)19-14/h3-9,16H,1-2H3. The molecule has 0 fully saturated rings. The van der Waals surface area contributed by atoms with Crippen LogP contribution in [0.25, 0.3) is 22.2 Å². The number of nitrogens with one attached hydrogen (secondary N) is 1. The van der Waals surface area contributed by atoms with Crippen LogP contribution in [0.3, 0.4) is 0 Å². The summed E-state index contributed by atoms with van der Waals surface area (Å²) in [5, 5.41) is 3.12. The third-order valence-corrected chi connectivity index (χ3v) is 3.28. The first-order valence-corrected chi connectivity index (χ1v) is 6.07. The summed E-state index contributed by atoms with van der Waals surface area (Å²) < 4.78 is 6.64. The van der Waals surface area contributed by atoms with E-state index in [9.17, 15) is 4.79 Å². The van der Waals surface area contributed by atoms with E-state index in [1.165, 1.54) is 4.57 Å². The third-order valence-electron chi connectivity index (χ3n) is 3.28. The Kier molecular flexibility index (Phi) is 2.63. The van der Waals surface area contributed by atoms with Crippen molar-refractivity contribution in [3.05, 3.63) is 53.0 Å². The molecule has 0 bridgehead atoms. The highest BCUT2D eigenvalue weighted by Crippen LogP contribution is 2.25. The van der Waals surface area contributed by atoms with Crippen LogP contribution in [0.15, 0.2) is 51.7 Å². The van der Waals surface area contributed by atoms with Gasteiger partial charge >= 0.3 is 5.76 Å². The maximum absolute atomic E-state index is 11.5. The van der Waals surface area contributed by atoms with E-state index in [0.717, 1.165) is 22.3 Å². The van der Waals surface area contributed by atoms with Gasteiger partial charge in [-0.05, 0) is 35.4 Å². The fourth-order valence-corrected chi connectivity index (χ4v) is 2.16. The van der Waals surface area contributed by atoms with Crippen molar-refractivity contribution in [3.8, 4) is 11.1 Å². The first-order chi connectivity index (χ1) is 9.19. The molecule has 0 aliphatic rings. The van der Waals surface area contributed by atoms with Crippen LogP contribution in [0, 0.1) is 0 Å². The quantitative estimate of drug-likeness (QED) is 0.765. The van der Waals surface area contributed by atoms with Gasteiger partial charge in [0, 0.05) is 19.8 Å². The molecule has 3 rings (SSSR count). The number of hydrogen-bond acceptors (Lipinski definition) is 3. The van der Waals surface area contributed by atoms with Crippen LogP contribution in [0.5, 0.6) is 0 Å². The number of oxazole rings is 1. The molecule has 1 aromatic heterocycles. The summed E-state index contributed by atoms with van der Waals surface area (Å²) in [6.07, 6.45) is 0. The first kappa shape index (κ1) is 11.6. The van der Waals surface area contributed by atoms with E-state index < -0.39 is 0 Å². The average Bonchev–Trinajstić information content (AvgIpc) is 2.74. The number of anilines is 1. The molecule has 4 heteroatoms. The Morgan fingerprint density at radius 1 is 1.11 bits per heavy atom. The summed E-state index contributed by atoms with van der Waals surface area (Å²) in [6, 6.07) is 13.9. The van der Waals surface area contributed by atoms with E-state index in [4.69, 9.17) is 4.42 Å². The average molecular weight is 254 g/mol. The summed E-state index contributed by atoms with van der Waals surface area (Å²) >= 11 is 0. The highest BCUT2D eigenvalue weighted by Gasteiger charge is 2.07. The SMILES string of the molecule is CNc1cccc(-c2ccc3oc(=O)n(C)c3c2)c1. The fraction of sp³-hybridized carbons (Fsp3) is 0.133. The highest BCUT2D eigenvalue weighted by atomic mass is 16.4. The van der Waals surface area contributed by atoms with Crippen LogP contribution in [0.4, 0.5) is 5.69 Å². The van der Waals surface area contributed by atoms with Crippen LogP contribution < -0.4 is 11.1 Å². The Morgan fingerprint density at radius 3 is 2.68 bits per heavy atom. The van der Waals surface area contributed by atoms with E-state index >= 15 is 0 Å². The van der Waals surface area contributed by atoms with Gasteiger partial charge in [0.05, 0.1) is 5.52 Å². The molecule has 0 aliphatic carbocycles. The van der Waals surface area contributed by atoms with Crippen LogP contribution in [0.1, 0.15) is 0 Å². The lowest BCUT2D eigenvalue weighted by atomic mass is 10.0. The number of aromatic nitrogens is 1. The molecule has 0 saturated heterocycles. The molecule has 4 nitrogen and oxygen atoms in total. The van der Waals surface area contributed by atoms with Crippen LogP contribution in [-0.2, 0) is 7.05 Å². The molecule has 0 atom stereocenters. The van der Waals surface area contributed by atoms with Crippen molar-refractivity contribution in [1.29, 1.82) is 0 Å². The molecular weight excluding hydrogens is 240 g/mol. The second-order valence-corrected chi connectivity index (χ2v) is 4.44. The second-order valence-electron chi connectivity index (χ2n) is 4.44. The minimum atomic E-state index is -0.337. The van der Waals surface area contributed by atoms with Gasteiger partial charge in [-0.15, -0.1) is 0 Å². The van der Waals surface area contributed by atoms with Crippen molar-refractivity contribution in [2.45, 2.75) is 0 Å². The zero-order valence-electron chi connectivity index (χ0n) is 10.8. The molecule has 0 amide bonds. The summed E-state index contributed by atoms with van der Waals surface area (Å²) in [5.41, 5.74) is 4.63. The molecular formula is C15H14N2O2. The molecule has 0 unspecified atom stereocenters. The molecule has 19 heavy (non-hydrogen) atoms. The molecule has 0 saturated carbocycles. The van der Waals surface area contributed by atoms with E-state index in [1.807, 2.05) is 43.4 Å². The van der Waals surface area contributed by atoms with Gasteiger partial charge in [-0.2, -0.15) is 0 Å². The van der Waals surface area contributed by atoms with Crippen molar-refractivity contribution in [2.75, 3.05) is 12.4 Å². The number of benzene rings is 2. The lowest BCUT2D eigenvalue weighted by molar-refractivity contribution is 0.528. The number of aryl methyl sites for hydroxylation is 1. The number of nitrogens with zero attached hydrogens (tertiary/aromatic N) is 1. The van der Waals surface area contributed by atoms with Gasteiger partial charge in [-0.3, -0.25) is 4.57 Å². The number of rotatable bonds is 2. The second kappa shape index (κ2) is 4.31. The van der Waals surface area contributed by atoms with Crippen molar-refractivity contribution < 1.29 is 4.42 Å². The molecule has 0 radical (unpaired) electrons. The Hall–Kier alpha value is -2.49. The molecule has 3 aromatic rings. The topological polar surface area (TPSA) is 47.2 Å². The van der Waals surface area contributed by atoms with Gasteiger partial charge in [0.25, 0.3) is 0 Å². The van der Waals surface area contributed by atoms with E-state index in [0.29, 0.717) is 5.58 Å². The van der Waals surface area contributed by atoms with Crippen molar-refractivity contribution in [2.24, 2.45) is 7.05 Å². The van der Waals surface area contributed by atoms with Gasteiger partial charge in [-0.1, -0.05) is 18.2 Å². The molecule has 2 aromatic carbocycles. The molecule has 0 spiro atoms. The zero-order valence-corrected chi connectivity index (χ0v) is 10.8. The predicted molar refractivity (Wildman–Crippen MR) is 76.4 cm³/mol. The Morgan fingerprint density at radius 2 is 1.89 bits per heavy atom.